The highest BCUT2D eigenvalue weighted by Crippen LogP contribution is 2.40. The molecule has 0 fully saturated rings. The molecule has 1 aromatic heterocycles. The molecule has 2 aromatic rings. The number of nitrogens with zero attached hydrogens (tertiary/aromatic N) is 1. The summed E-state index contributed by atoms with van der Waals surface area (Å²) in [5.41, 5.74) is 5.43. The maximum Gasteiger partial charge on any atom is 0.416 e. The Morgan fingerprint density at radius 1 is 1.05 bits per heavy atom. The second-order valence-electron chi connectivity index (χ2n) is 3.78. The number of hydrogen-bond acceptors (Lipinski definition) is 2. The third-order valence-corrected chi connectivity index (χ3v) is 3.04. The lowest BCUT2D eigenvalue weighted by Gasteiger charge is -2.12. The standard InChI is InChI=1S/C12H7Cl2F3N2/c13-8-4-7(12(15,16)17)5-9(14)11(8)6-1-2-19-10(18)3-6/h1-5H,(H2,18,19). The molecule has 2 nitrogen and oxygen atoms in total. The van der Waals surface area contributed by atoms with Gasteiger partial charge in [-0.15, -0.1) is 0 Å². The smallest absolute Gasteiger partial charge is 0.384 e. The molecular formula is C12H7Cl2F3N2. The molecule has 100 valence electrons. The van der Waals surface area contributed by atoms with Crippen LogP contribution in [0.4, 0.5) is 19.0 Å². The van der Waals surface area contributed by atoms with Crippen LogP contribution in [0.1, 0.15) is 5.56 Å². The third-order valence-electron chi connectivity index (χ3n) is 2.44. The number of benzene rings is 1. The van der Waals surface area contributed by atoms with E-state index in [1.54, 1.807) is 6.07 Å². The van der Waals surface area contributed by atoms with Crippen molar-refractivity contribution < 1.29 is 13.2 Å². The van der Waals surface area contributed by atoms with Gasteiger partial charge in [0.05, 0.1) is 15.6 Å². The van der Waals surface area contributed by atoms with Crippen molar-refractivity contribution in [2.45, 2.75) is 6.18 Å². The first-order valence-electron chi connectivity index (χ1n) is 5.07. The van der Waals surface area contributed by atoms with Crippen LogP contribution in [0.25, 0.3) is 11.1 Å². The largest absolute Gasteiger partial charge is 0.416 e. The van der Waals surface area contributed by atoms with Gasteiger partial charge in [0.15, 0.2) is 0 Å². The van der Waals surface area contributed by atoms with Gasteiger partial charge in [0.2, 0.25) is 0 Å². The van der Waals surface area contributed by atoms with E-state index in [2.05, 4.69) is 4.98 Å². The van der Waals surface area contributed by atoms with Crippen molar-refractivity contribution in [3.63, 3.8) is 0 Å². The highest BCUT2D eigenvalue weighted by atomic mass is 35.5. The number of nitrogen functional groups attached to an aromatic ring is 1. The minimum Gasteiger partial charge on any atom is -0.384 e. The second-order valence-corrected chi connectivity index (χ2v) is 4.60. The number of rotatable bonds is 1. The van der Waals surface area contributed by atoms with Crippen molar-refractivity contribution in [2.24, 2.45) is 0 Å². The van der Waals surface area contributed by atoms with Gasteiger partial charge in [-0.1, -0.05) is 23.2 Å². The van der Waals surface area contributed by atoms with Gasteiger partial charge in [0, 0.05) is 11.8 Å². The molecular weight excluding hydrogens is 300 g/mol. The Morgan fingerprint density at radius 3 is 2.11 bits per heavy atom. The van der Waals surface area contributed by atoms with Gasteiger partial charge in [0.1, 0.15) is 5.82 Å². The Morgan fingerprint density at radius 2 is 1.63 bits per heavy atom. The first-order valence-corrected chi connectivity index (χ1v) is 5.83. The quantitative estimate of drug-likeness (QED) is 0.832. The maximum absolute atomic E-state index is 12.6. The van der Waals surface area contributed by atoms with Crippen LogP contribution in [0, 0.1) is 0 Å². The lowest BCUT2D eigenvalue weighted by atomic mass is 10.0. The van der Waals surface area contributed by atoms with Crippen LogP contribution in [-0.4, -0.2) is 4.98 Å². The molecule has 0 saturated heterocycles. The zero-order valence-corrected chi connectivity index (χ0v) is 10.8. The van der Waals surface area contributed by atoms with Crippen LogP contribution >= 0.6 is 23.2 Å². The van der Waals surface area contributed by atoms with Crippen molar-refractivity contribution in [1.29, 1.82) is 0 Å². The van der Waals surface area contributed by atoms with Crippen LogP contribution in [-0.2, 0) is 6.18 Å². The Bertz CT molecular complexity index is 604. The summed E-state index contributed by atoms with van der Waals surface area (Å²) < 4.78 is 37.8. The summed E-state index contributed by atoms with van der Waals surface area (Å²) in [4.78, 5) is 3.79. The van der Waals surface area contributed by atoms with Crippen LogP contribution in [0.2, 0.25) is 10.0 Å². The van der Waals surface area contributed by atoms with E-state index in [-0.39, 0.29) is 15.9 Å². The van der Waals surface area contributed by atoms with Crippen LogP contribution < -0.4 is 5.73 Å². The molecule has 2 rings (SSSR count). The maximum atomic E-state index is 12.6. The van der Waals surface area contributed by atoms with Crippen LogP contribution in [0.3, 0.4) is 0 Å². The lowest BCUT2D eigenvalue weighted by Crippen LogP contribution is -2.05. The first kappa shape index (κ1) is 14.0. The molecule has 0 saturated carbocycles. The Balaban J connectivity index is 2.60. The number of anilines is 1. The molecule has 19 heavy (non-hydrogen) atoms. The number of aromatic nitrogens is 1. The first-order chi connectivity index (χ1) is 8.79. The van der Waals surface area contributed by atoms with E-state index in [0.717, 1.165) is 12.1 Å². The third kappa shape index (κ3) is 2.93. The molecule has 0 atom stereocenters. The number of alkyl halides is 3. The molecule has 0 bridgehead atoms. The van der Waals surface area contributed by atoms with E-state index in [1.807, 2.05) is 0 Å². The van der Waals surface area contributed by atoms with E-state index in [9.17, 15) is 13.2 Å². The van der Waals surface area contributed by atoms with E-state index < -0.39 is 11.7 Å². The molecule has 0 aliphatic rings. The Labute approximate surface area is 117 Å². The fraction of sp³-hybridized carbons (Fsp3) is 0.0833. The molecule has 0 amide bonds. The number of hydrogen-bond donors (Lipinski definition) is 1. The lowest BCUT2D eigenvalue weighted by molar-refractivity contribution is -0.137. The summed E-state index contributed by atoms with van der Waals surface area (Å²) in [7, 11) is 0. The van der Waals surface area contributed by atoms with Gasteiger partial charge in [-0.25, -0.2) is 4.98 Å². The van der Waals surface area contributed by atoms with Gasteiger partial charge in [-0.3, -0.25) is 0 Å². The van der Waals surface area contributed by atoms with Crippen LogP contribution in [0.15, 0.2) is 30.5 Å². The topological polar surface area (TPSA) is 38.9 Å². The Hall–Kier alpha value is -1.46. The highest BCUT2D eigenvalue weighted by Gasteiger charge is 2.32. The summed E-state index contributed by atoms with van der Waals surface area (Å²) >= 11 is 11.8. The predicted octanol–water partition coefficient (Wildman–Crippen LogP) is 4.66. The summed E-state index contributed by atoms with van der Waals surface area (Å²) in [6.07, 6.45) is -3.07. The molecule has 0 radical (unpaired) electrons. The van der Waals surface area contributed by atoms with Crippen molar-refractivity contribution >= 4 is 29.0 Å². The highest BCUT2D eigenvalue weighted by molar-refractivity contribution is 6.39. The van der Waals surface area contributed by atoms with Crippen LogP contribution in [0.5, 0.6) is 0 Å². The SMILES string of the molecule is Nc1cc(-c2c(Cl)cc(C(F)(F)F)cc2Cl)ccn1. The summed E-state index contributed by atoms with van der Waals surface area (Å²) in [5, 5.41) is -0.184. The van der Waals surface area contributed by atoms with Gasteiger partial charge < -0.3 is 5.73 Å². The number of nitrogens with two attached hydrogens (primary N) is 1. The van der Waals surface area contributed by atoms with E-state index >= 15 is 0 Å². The normalized spacial score (nSPS) is 11.6. The number of halogens is 5. The van der Waals surface area contributed by atoms with Gasteiger partial charge in [-0.2, -0.15) is 13.2 Å². The van der Waals surface area contributed by atoms with Crippen molar-refractivity contribution in [3.8, 4) is 11.1 Å². The number of pyridine rings is 1. The van der Waals surface area contributed by atoms with Gasteiger partial charge in [0.25, 0.3) is 0 Å². The fourth-order valence-corrected chi connectivity index (χ4v) is 2.32. The zero-order chi connectivity index (χ0) is 14.2. The van der Waals surface area contributed by atoms with Gasteiger partial charge in [-0.05, 0) is 29.8 Å². The van der Waals surface area contributed by atoms with Crippen molar-refractivity contribution in [2.75, 3.05) is 5.73 Å². The minimum atomic E-state index is -4.50. The summed E-state index contributed by atoms with van der Waals surface area (Å²) in [5.74, 6) is 0.226. The van der Waals surface area contributed by atoms with Gasteiger partial charge >= 0.3 is 6.18 Å². The summed E-state index contributed by atoms with van der Waals surface area (Å²) in [6, 6.07) is 4.72. The second kappa shape index (κ2) is 4.90. The van der Waals surface area contributed by atoms with E-state index in [1.165, 1.54) is 12.3 Å². The van der Waals surface area contributed by atoms with Crippen molar-refractivity contribution in [1.82, 2.24) is 4.98 Å². The van der Waals surface area contributed by atoms with E-state index in [0.29, 0.717) is 11.1 Å². The average Bonchev–Trinajstić information content (AvgIpc) is 2.26. The molecule has 1 heterocycles. The average molecular weight is 307 g/mol. The molecule has 0 unspecified atom stereocenters. The fourth-order valence-electron chi connectivity index (χ4n) is 1.62. The molecule has 7 heteroatoms. The van der Waals surface area contributed by atoms with Crippen molar-refractivity contribution in [3.05, 3.63) is 46.1 Å². The zero-order valence-electron chi connectivity index (χ0n) is 9.30. The summed E-state index contributed by atoms with van der Waals surface area (Å²) in [6.45, 7) is 0. The monoisotopic (exact) mass is 306 g/mol. The molecule has 2 N–H and O–H groups in total. The molecule has 0 aliphatic carbocycles. The minimum absolute atomic E-state index is 0.0922. The molecule has 0 spiro atoms. The molecule has 0 aliphatic heterocycles. The Kier molecular flexibility index (Phi) is 3.60. The predicted molar refractivity (Wildman–Crippen MR) is 69.1 cm³/mol. The molecule has 1 aromatic carbocycles. The van der Waals surface area contributed by atoms with E-state index in [4.69, 9.17) is 28.9 Å².